The van der Waals surface area contributed by atoms with Gasteiger partial charge in [-0.3, -0.25) is 0 Å². The molecule has 0 bridgehead atoms. The fourth-order valence-electron chi connectivity index (χ4n) is 1.05. The fourth-order valence-corrected chi connectivity index (χ4v) is 1.05. The third-order valence-corrected chi connectivity index (χ3v) is 1.94. The Hall–Kier alpha value is -1.29. The molecule has 61 valence electrons. The van der Waals surface area contributed by atoms with Gasteiger partial charge in [0.1, 0.15) is 0 Å². The van der Waals surface area contributed by atoms with E-state index in [4.69, 9.17) is 5.26 Å². The van der Waals surface area contributed by atoms with Crippen molar-refractivity contribution in [3.05, 3.63) is 40.8 Å². The largest absolute Gasteiger partial charge is 0.192 e. The van der Waals surface area contributed by atoms with Gasteiger partial charge in [0.15, 0.2) is 0 Å². The van der Waals surface area contributed by atoms with Crippen molar-refractivity contribution in [2.75, 3.05) is 0 Å². The molecule has 0 unspecified atom stereocenters. The summed E-state index contributed by atoms with van der Waals surface area (Å²) in [5.74, 6) is 1.24. The summed E-state index contributed by atoms with van der Waals surface area (Å²) in [6.07, 6.45) is 0. The van der Waals surface area contributed by atoms with E-state index in [0.717, 1.165) is 16.7 Å². The van der Waals surface area contributed by atoms with Gasteiger partial charge in [-0.2, -0.15) is 5.26 Å². The number of rotatable bonds is 1. The molecule has 0 fully saturated rings. The van der Waals surface area contributed by atoms with Gasteiger partial charge in [0.05, 0.1) is 11.6 Å². The Morgan fingerprint density at radius 2 is 2.00 bits per heavy atom. The normalized spacial score (nSPS) is 9.92. The molecule has 0 saturated heterocycles. The van der Waals surface area contributed by atoms with E-state index < -0.39 is 0 Å². The molecule has 0 spiro atoms. The lowest BCUT2D eigenvalue weighted by Crippen LogP contribution is -1.90. The third-order valence-electron chi connectivity index (χ3n) is 1.94. The predicted octanol–water partition coefficient (Wildman–Crippen LogP) is 2.83. The van der Waals surface area contributed by atoms with Crippen molar-refractivity contribution in [1.29, 1.82) is 5.26 Å². The molecular weight excluding hydrogens is 146 g/mol. The monoisotopic (exact) mass is 158 g/mol. The second kappa shape index (κ2) is 3.40. The van der Waals surface area contributed by atoms with Crippen LogP contribution in [0.2, 0.25) is 0 Å². The van der Waals surface area contributed by atoms with E-state index in [1.807, 2.05) is 39.0 Å². The first kappa shape index (κ1) is 8.80. The Kier molecular flexibility index (Phi) is 2.50. The second-order valence-electron chi connectivity index (χ2n) is 3.14. The van der Waals surface area contributed by atoms with E-state index >= 15 is 0 Å². The molecule has 1 aromatic rings. The zero-order valence-electron chi connectivity index (χ0n) is 7.68. The van der Waals surface area contributed by atoms with Crippen molar-refractivity contribution >= 4 is 0 Å². The quantitative estimate of drug-likeness (QED) is 0.616. The molecule has 0 saturated carbocycles. The Morgan fingerprint density at radius 3 is 2.50 bits per heavy atom. The van der Waals surface area contributed by atoms with E-state index in [1.54, 1.807) is 0 Å². The number of aryl methyl sites for hydroxylation is 1. The van der Waals surface area contributed by atoms with Crippen molar-refractivity contribution in [3.63, 3.8) is 0 Å². The van der Waals surface area contributed by atoms with Gasteiger partial charge in [0.2, 0.25) is 0 Å². The zero-order valence-corrected chi connectivity index (χ0v) is 7.68. The summed E-state index contributed by atoms with van der Waals surface area (Å²) in [6, 6.07) is 8.15. The zero-order chi connectivity index (χ0) is 9.14. The first-order chi connectivity index (χ1) is 5.65. The van der Waals surface area contributed by atoms with Gasteiger partial charge in [-0.15, -0.1) is 0 Å². The molecule has 0 heterocycles. The first-order valence-corrected chi connectivity index (χ1v) is 3.96. The predicted molar refractivity (Wildman–Crippen MR) is 49.6 cm³/mol. The minimum Gasteiger partial charge on any atom is -0.192 e. The van der Waals surface area contributed by atoms with Crippen LogP contribution < -0.4 is 0 Å². The highest BCUT2D eigenvalue weighted by Crippen LogP contribution is 2.16. The Morgan fingerprint density at radius 1 is 1.33 bits per heavy atom. The lowest BCUT2D eigenvalue weighted by atomic mass is 9.98. The van der Waals surface area contributed by atoms with Crippen LogP contribution in [0, 0.1) is 24.2 Å². The molecule has 0 aliphatic carbocycles. The van der Waals surface area contributed by atoms with Gasteiger partial charge in [0, 0.05) is 0 Å². The number of hydrogen-bond acceptors (Lipinski definition) is 1. The summed E-state index contributed by atoms with van der Waals surface area (Å²) in [6.45, 7) is 6.05. The Bertz CT molecular complexity index is 318. The maximum absolute atomic E-state index is 8.77. The van der Waals surface area contributed by atoms with Crippen LogP contribution >= 0.6 is 0 Å². The van der Waals surface area contributed by atoms with Crippen molar-refractivity contribution in [3.8, 4) is 6.07 Å². The van der Waals surface area contributed by atoms with Gasteiger partial charge in [-0.25, -0.2) is 0 Å². The summed E-state index contributed by atoms with van der Waals surface area (Å²) < 4.78 is 0. The molecule has 1 aromatic carbocycles. The van der Waals surface area contributed by atoms with E-state index in [0.29, 0.717) is 0 Å². The van der Waals surface area contributed by atoms with Gasteiger partial charge < -0.3 is 0 Å². The highest BCUT2D eigenvalue weighted by Gasteiger charge is 2.02. The number of hydrogen-bond donors (Lipinski definition) is 0. The SMILES string of the molecule is C[C](C)c1ccc(C)c(C#N)c1. The smallest absolute Gasteiger partial charge is 0.0994 e. The molecule has 1 radical (unpaired) electrons. The number of nitrogens with zero attached hydrogens (tertiary/aromatic N) is 1. The van der Waals surface area contributed by atoms with Crippen LogP contribution in [-0.2, 0) is 0 Å². The van der Waals surface area contributed by atoms with Gasteiger partial charge in [-0.1, -0.05) is 26.0 Å². The van der Waals surface area contributed by atoms with E-state index in [2.05, 4.69) is 6.07 Å². The molecule has 0 aliphatic heterocycles. The highest BCUT2D eigenvalue weighted by molar-refractivity contribution is 5.43. The van der Waals surface area contributed by atoms with Crippen molar-refractivity contribution in [2.24, 2.45) is 0 Å². The molecule has 0 N–H and O–H groups in total. The average Bonchev–Trinajstić information content (AvgIpc) is 2.05. The van der Waals surface area contributed by atoms with Crippen molar-refractivity contribution < 1.29 is 0 Å². The summed E-state index contributed by atoms with van der Waals surface area (Å²) in [4.78, 5) is 0. The van der Waals surface area contributed by atoms with Gasteiger partial charge in [-0.05, 0) is 30.0 Å². The lowest BCUT2D eigenvalue weighted by molar-refractivity contribution is 1.14. The standard InChI is InChI=1S/C11H12N/c1-8(2)10-5-4-9(3)11(6-10)7-12/h4-6H,1-3H3. The molecule has 0 atom stereocenters. The summed E-state index contributed by atoms with van der Waals surface area (Å²) in [7, 11) is 0. The van der Waals surface area contributed by atoms with E-state index in [1.165, 1.54) is 5.92 Å². The van der Waals surface area contributed by atoms with Crippen LogP contribution in [0.15, 0.2) is 18.2 Å². The minimum absolute atomic E-state index is 0.772. The summed E-state index contributed by atoms with van der Waals surface area (Å²) >= 11 is 0. The van der Waals surface area contributed by atoms with E-state index in [9.17, 15) is 0 Å². The van der Waals surface area contributed by atoms with Crippen LogP contribution in [-0.4, -0.2) is 0 Å². The number of nitriles is 1. The lowest BCUT2D eigenvalue weighted by Gasteiger charge is -2.05. The van der Waals surface area contributed by atoms with Crippen LogP contribution in [0.4, 0.5) is 0 Å². The first-order valence-electron chi connectivity index (χ1n) is 3.96. The highest BCUT2D eigenvalue weighted by atomic mass is 14.2. The van der Waals surface area contributed by atoms with Crippen molar-refractivity contribution in [2.45, 2.75) is 20.8 Å². The van der Waals surface area contributed by atoms with Gasteiger partial charge in [0.25, 0.3) is 0 Å². The minimum atomic E-state index is 0.772. The van der Waals surface area contributed by atoms with Crippen LogP contribution in [0.3, 0.4) is 0 Å². The van der Waals surface area contributed by atoms with E-state index in [-0.39, 0.29) is 0 Å². The maximum Gasteiger partial charge on any atom is 0.0994 e. The fraction of sp³-hybridized carbons (Fsp3) is 0.273. The van der Waals surface area contributed by atoms with Crippen LogP contribution in [0.25, 0.3) is 0 Å². The third kappa shape index (κ3) is 1.65. The average molecular weight is 158 g/mol. The summed E-state index contributed by atoms with van der Waals surface area (Å²) in [5, 5.41) is 8.77. The molecule has 1 heteroatoms. The molecular formula is C11H12N. The Labute approximate surface area is 73.6 Å². The molecule has 0 amide bonds. The summed E-state index contributed by atoms with van der Waals surface area (Å²) in [5.41, 5.74) is 2.97. The molecule has 12 heavy (non-hydrogen) atoms. The maximum atomic E-state index is 8.77. The van der Waals surface area contributed by atoms with Gasteiger partial charge >= 0.3 is 0 Å². The molecule has 1 rings (SSSR count). The topological polar surface area (TPSA) is 23.8 Å². The second-order valence-corrected chi connectivity index (χ2v) is 3.14. The van der Waals surface area contributed by atoms with Crippen LogP contribution in [0.1, 0.15) is 30.5 Å². The molecule has 0 aromatic heterocycles. The molecule has 0 aliphatic rings. The van der Waals surface area contributed by atoms with Crippen LogP contribution in [0.5, 0.6) is 0 Å². The van der Waals surface area contributed by atoms with Crippen molar-refractivity contribution in [1.82, 2.24) is 0 Å². The Balaban J connectivity index is 3.16. The molecule has 1 nitrogen and oxygen atoms in total. The number of benzene rings is 1.